The van der Waals surface area contributed by atoms with E-state index < -0.39 is 0 Å². The Morgan fingerprint density at radius 1 is 1.19 bits per heavy atom. The minimum absolute atomic E-state index is 0.415. The summed E-state index contributed by atoms with van der Waals surface area (Å²) in [6, 6.07) is 0.685. The van der Waals surface area contributed by atoms with E-state index in [0.717, 1.165) is 39.5 Å². The van der Waals surface area contributed by atoms with Crippen LogP contribution in [0.3, 0.4) is 0 Å². The minimum Gasteiger partial charge on any atom is -0.381 e. The lowest BCUT2D eigenvalue weighted by molar-refractivity contribution is -0.0822. The number of morpholine rings is 1. The summed E-state index contributed by atoms with van der Waals surface area (Å²) in [5.74, 6) is 0. The molecule has 0 radical (unpaired) electrons. The molecule has 0 aromatic heterocycles. The largest absolute Gasteiger partial charge is 0.381 e. The van der Waals surface area contributed by atoms with E-state index in [1.165, 1.54) is 45.1 Å². The molecule has 1 saturated carbocycles. The van der Waals surface area contributed by atoms with Gasteiger partial charge < -0.3 is 14.8 Å². The average Bonchev–Trinajstić information content (AvgIpc) is 2.98. The first-order chi connectivity index (χ1) is 10.3. The third-order valence-electron chi connectivity index (χ3n) is 5.62. The van der Waals surface area contributed by atoms with E-state index in [1.807, 2.05) is 0 Å². The first kappa shape index (κ1) is 15.7. The second-order valence-electron chi connectivity index (χ2n) is 7.17. The van der Waals surface area contributed by atoms with Crippen LogP contribution in [0.4, 0.5) is 0 Å². The van der Waals surface area contributed by atoms with Gasteiger partial charge >= 0.3 is 0 Å². The van der Waals surface area contributed by atoms with Gasteiger partial charge in [0.1, 0.15) is 0 Å². The van der Waals surface area contributed by atoms with Crippen LogP contribution in [0, 0.1) is 5.41 Å². The molecule has 0 aromatic rings. The molecule has 21 heavy (non-hydrogen) atoms. The molecule has 2 aliphatic heterocycles. The molecule has 2 saturated heterocycles. The van der Waals surface area contributed by atoms with Gasteiger partial charge in [-0.2, -0.15) is 0 Å². The summed E-state index contributed by atoms with van der Waals surface area (Å²) in [5.41, 5.74) is 0.415. The predicted octanol–water partition coefficient (Wildman–Crippen LogP) is 2.04. The van der Waals surface area contributed by atoms with Crippen LogP contribution >= 0.6 is 0 Å². The van der Waals surface area contributed by atoms with Crippen LogP contribution in [0.15, 0.2) is 0 Å². The van der Waals surface area contributed by atoms with Crippen molar-refractivity contribution in [2.45, 2.75) is 57.6 Å². The summed E-state index contributed by atoms with van der Waals surface area (Å²) in [4.78, 5) is 2.75. The van der Waals surface area contributed by atoms with Crippen molar-refractivity contribution in [3.05, 3.63) is 0 Å². The lowest BCUT2D eigenvalue weighted by Gasteiger charge is -2.46. The van der Waals surface area contributed by atoms with E-state index in [0.29, 0.717) is 17.6 Å². The van der Waals surface area contributed by atoms with Crippen molar-refractivity contribution in [2.75, 3.05) is 46.0 Å². The Morgan fingerprint density at radius 2 is 2.05 bits per heavy atom. The van der Waals surface area contributed by atoms with Gasteiger partial charge in [0, 0.05) is 38.9 Å². The molecule has 0 spiro atoms. The van der Waals surface area contributed by atoms with Crippen LogP contribution in [0.5, 0.6) is 0 Å². The zero-order chi connectivity index (χ0) is 14.5. The summed E-state index contributed by atoms with van der Waals surface area (Å²) in [5, 5.41) is 3.68. The Hall–Kier alpha value is -0.160. The van der Waals surface area contributed by atoms with Crippen LogP contribution in [-0.2, 0) is 9.47 Å². The van der Waals surface area contributed by atoms with E-state index >= 15 is 0 Å². The van der Waals surface area contributed by atoms with Crippen molar-refractivity contribution in [1.82, 2.24) is 10.2 Å². The van der Waals surface area contributed by atoms with Crippen molar-refractivity contribution >= 4 is 0 Å². The molecule has 0 bridgehead atoms. The van der Waals surface area contributed by atoms with Crippen LogP contribution in [0.2, 0.25) is 0 Å². The van der Waals surface area contributed by atoms with E-state index in [2.05, 4.69) is 17.1 Å². The van der Waals surface area contributed by atoms with Gasteiger partial charge in [0.25, 0.3) is 0 Å². The zero-order valence-electron chi connectivity index (χ0n) is 13.6. The summed E-state index contributed by atoms with van der Waals surface area (Å²) < 4.78 is 11.6. The molecule has 3 rings (SSSR count). The minimum atomic E-state index is 0.415. The van der Waals surface area contributed by atoms with Crippen LogP contribution in [-0.4, -0.2) is 63.0 Å². The fraction of sp³-hybridized carbons (Fsp3) is 1.00. The lowest BCUT2D eigenvalue weighted by Crippen LogP contribution is -2.55. The zero-order valence-corrected chi connectivity index (χ0v) is 13.6. The highest BCUT2D eigenvalue weighted by atomic mass is 16.5. The second-order valence-corrected chi connectivity index (χ2v) is 7.17. The van der Waals surface area contributed by atoms with Crippen molar-refractivity contribution in [2.24, 2.45) is 5.41 Å². The number of hydrogen-bond acceptors (Lipinski definition) is 4. The Bertz CT molecular complexity index is 318. The van der Waals surface area contributed by atoms with Crippen LogP contribution in [0.1, 0.15) is 45.4 Å². The Morgan fingerprint density at radius 3 is 2.86 bits per heavy atom. The number of fused-ring (bicyclic) bond motifs is 1. The first-order valence-corrected chi connectivity index (χ1v) is 8.97. The molecular formula is C17H32N2O2. The summed E-state index contributed by atoms with van der Waals surface area (Å²) in [6.45, 7) is 9.69. The lowest BCUT2D eigenvalue weighted by atomic mass is 9.79. The number of nitrogens with zero attached hydrogens (tertiary/aromatic N) is 1. The molecule has 4 heteroatoms. The molecular weight excluding hydrogens is 264 g/mol. The van der Waals surface area contributed by atoms with E-state index in [1.54, 1.807) is 0 Å². The maximum Gasteiger partial charge on any atom is 0.0730 e. The third kappa shape index (κ3) is 3.79. The van der Waals surface area contributed by atoms with Gasteiger partial charge in [-0.3, -0.25) is 4.90 Å². The molecule has 2 heterocycles. The molecule has 3 fully saturated rings. The van der Waals surface area contributed by atoms with Crippen molar-refractivity contribution in [1.29, 1.82) is 0 Å². The van der Waals surface area contributed by atoms with Crippen LogP contribution < -0.4 is 5.32 Å². The van der Waals surface area contributed by atoms with Gasteiger partial charge in [0.05, 0.1) is 12.7 Å². The van der Waals surface area contributed by atoms with Gasteiger partial charge in [-0.25, -0.2) is 0 Å². The molecule has 122 valence electrons. The highest BCUT2D eigenvalue weighted by Crippen LogP contribution is 2.36. The Labute approximate surface area is 129 Å². The number of nitrogens with one attached hydrogen (secondary N) is 1. The summed E-state index contributed by atoms with van der Waals surface area (Å²) >= 11 is 0. The van der Waals surface area contributed by atoms with Gasteiger partial charge in [-0.15, -0.1) is 0 Å². The topological polar surface area (TPSA) is 33.7 Å². The highest BCUT2D eigenvalue weighted by Gasteiger charge is 2.41. The Kier molecular flexibility index (Phi) is 5.54. The SMILES string of the molecule is CCCNCC1(CN2CCOC3CCCC32)CCOCC1. The van der Waals surface area contributed by atoms with E-state index in [4.69, 9.17) is 9.47 Å². The maximum atomic E-state index is 5.97. The van der Waals surface area contributed by atoms with E-state index in [9.17, 15) is 0 Å². The van der Waals surface area contributed by atoms with Gasteiger partial charge in [-0.05, 0) is 50.5 Å². The van der Waals surface area contributed by atoms with Gasteiger partial charge in [0.2, 0.25) is 0 Å². The molecule has 2 unspecified atom stereocenters. The highest BCUT2D eigenvalue weighted by molar-refractivity contribution is 4.94. The normalized spacial score (nSPS) is 33.0. The van der Waals surface area contributed by atoms with Crippen molar-refractivity contribution in [3.63, 3.8) is 0 Å². The quantitative estimate of drug-likeness (QED) is 0.761. The Balaban J connectivity index is 1.62. The third-order valence-corrected chi connectivity index (χ3v) is 5.62. The summed E-state index contributed by atoms with van der Waals surface area (Å²) in [6.07, 6.45) is 8.09. The monoisotopic (exact) mass is 296 g/mol. The predicted molar refractivity (Wildman–Crippen MR) is 84.6 cm³/mol. The molecule has 3 aliphatic rings. The first-order valence-electron chi connectivity index (χ1n) is 8.97. The number of hydrogen-bond donors (Lipinski definition) is 1. The van der Waals surface area contributed by atoms with E-state index in [-0.39, 0.29) is 0 Å². The van der Waals surface area contributed by atoms with Crippen molar-refractivity contribution < 1.29 is 9.47 Å². The molecule has 1 aliphatic carbocycles. The van der Waals surface area contributed by atoms with Gasteiger partial charge in [-0.1, -0.05) is 6.92 Å². The fourth-order valence-electron chi connectivity index (χ4n) is 4.36. The van der Waals surface area contributed by atoms with Gasteiger partial charge in [0.15, 0.2) is 0 Å². The summed E-state index contributed by atoms with van der Waals surface area (Å²) in [7, 11) is 0. The second kappa shape index (κ2) is 7.40. The standard InChI is InChI=1S/C17H32N2O2/c1-2-8-18-13-17(6-10-20-11-7-17)14-19-9-12-21-16-5-3-4-15(16)19/h15-16,18H,2-14H2,1H3. The number of ether oxygens (including phenoxy) is 2. The molecule has 1 N–H and O–H groups in total. The molecule has 4 nitrogen and oxygen atoms in total. The number of rotatable bonds is 6. The molecule has 0 aromatic carbocycles. The average molecular weight is 296 g/mol. The van der Waals surface area contributed by atoms with Crippen LogP contribution in [0.25, 0.3) is 0 Å². The fourth-order valence-corrected chi connectivity index (χ4v) is 4.36. The van der Waals surface area contributed by atoms with Crippen molar-refractivity contribution in [3.8, 4) is 0 Å². The molecule has 2 atom stereocenters. The maximum absolute atomic E-state index is 5.97. The smallest absolute Gasteiger partial charge is 0.0730 e. The molecule has 0 amide bonds.